The van der Waals surface area contributed by atoms with Gasteiger partial charge in [0.15, 0.2) is 0 Å². The van der Waals surface area contributed by atoms with E-state index in [0.29, 0.717) is 11.4 Å². The molecule has 0 bridgehead atoms. The van der Waals surface area contributed by atoms with Crippen molar-refractivity contribution in [1.29, 1.82) is 0 Å². The number of aliphatic carboxylic acids is 1. The van der Waals surface area contributed by atoms with Gasteiger partial charge in [-0.25, -0.2) is 8.42 Å². The fraction of sp³-hybridized carbons (Fsp3) is 0.316. The molecule has 9 heteroatoms. The topological polar surface area (TPSA) is 111 Å². The summed E-state index contributed by atoms with van der Waals surface area (Å²) in [5, 5.41) is 17.4. The van der Waals surface area contributed by atoms with Crippen molar-refractivity contribution in [2.75, 3.05) is 19.0 Å². The van der Waals surface area contributed by atoms with Gasteiger partial charge in [-0.2, -0.15) is 15.0 Å². The van der Waals surface area contributed by atoms with Gasteiger partial charge in [-0.1, -0.05) is 13.8 Å². The SMILES string of the molecule is CC(C)[C@H](NS(=O)(=O)c1ccc(N=Nc2ccc(N(C)C)cc2)cc1)C(=O)O. The molecule has 0 unspecified atom stereocenters. The van der Waals surface area contributed by atoms with Gasteiger partial charge in [-0.3, -0.25) is 4.79 Å². The zero-order valence-electron chi connectivity index (χ0n) is 16.2. The van der Waals surface area contributed by atoms with Crippen LogP contribution in [0.4, 0.5) is 17.1 Å². The third kappa shape index (κ3) is 5.61. The van der Waals surface area contributed by atoms with Gasteiger partial charge in [0.2, 0.25) is 10.0 Å². The van der Waals surface area contributed by atoms with E-state index in [1.807, 2.05) is 43.3 Å². The monoisotopic (exact) mass is 404 g/mol. The highest BCUT2D eigenvalue weighted by Crippen LogP contribution is 2.22. The Morgan fingerprint density at radius 3 is 1.82 bits per heavy atom. The van der Waals surface area contributed by atoms with Crippen LogP contribution in [0.2, 0.25) is 0 Å². The van der Waals surface area contributed by atoms with E-state index in [1.165, 1.54) is 24.3 Å². The normalized spacial score (nSPS) is 13.0. The van der Waals surface area contributed by atoms with Gasteiger partial charge >= 0.3 is 5.97 Å². The molecule has 2 aromatic carbocycles. The second-order valence-corrected chi connectivity index (χ2v) is 8.50. The van der Waals surface area contributed by atoms with Crippen LogP contribution in [0, 0.1) is 5.92 Å². The summed E-state index contributed by atoms with van der Waals surface area (Å²) in [6, 6.07) is 12.1. The zero-order valence-corrected chi connectivity index (χ0v) is 17.0. The van der Waals surface area contributed by atoms with Gasteiger partial charge in [0, 0.05) is 19.8 Å². The molecular formula is C19H24N4O4S. The molecule has 0 saturated carbocycles. The lowest BCUT2D eigenvalue weighted by Crippen LogP contribution is -2.44. The van der Waals surface area contributed by atoms with Gasteiger partial charge in [0.05, 0.1) is 16.3 Å². The van der Waals surface area contributed by atoms with Crippen LogP contribution in [0.25, 0.3) is 0 Å². The summed E-state index contributed by atoms with van der Waals surface area (Å²) in [7, 11) is -0.0636. The molecule has 0 aliphatic carbocycles. The van der Waals surface area contributed by atoms with Gasteiger partial charge in [-0.05, 0) is 54.4 Å². The van der Waals surface area contributed by atoms with Crippen molar-refractivity contribution in [3.8, 4) is 0 Å². The zero-order chi connectivity index (χ0) is 20.9. The Labute approximate surface area is 165 Å². The largest absolute Gasteiger partial charge is 0.480 e. The molecular weight excluding hydrogens is 380 g/mol. The predicted octanol–water partition coefficient (Wildman–Crippen LogP) is 3.56. The summed E-state index contributed by atoms with van der Waals surface area (Å²) in [5.41, 5.74) is 2.20. The van der Waals surface area contributed by atoms with Crippen molar-refractivity contribution < 1.29 is 18.3 Å². The van der Waals surface area contributed by atoms with Gasteiger partial charge in [-0.15, -0.1) is 0 Å². The van der Waals surface area contributed by atoms with Crippen LogP contribution in [0.1, 0.15) is 13.8 Å². The Kier molecular flexibility index (Phi) is 6.87. The lowest BCUT2D eigenvalue weighted by molar-refractivity contribution is -0.140. The smallest absolute Gasteiger partial charge is 0.322 e. The molecule has 8 nitrogen and oxygen atoms in total. The molecule has 28 heavy (non-hydrogen) atoms. The fourth-order valence-electron chi connectivity index (χ4n) is 2.33. The van der Waals surface area contributed by atoms with E-state index in [4.69, 9.17) is 5.11 Å². The van der Waals surface area contributed by atoms with E-state index in [9.17, 15) is 13.2 Å². The van der Waals surface area contributed by atoms with E-state index in [1.54, 1.807) is 13.8 Å². The summed E-state index contributed by atoms with van der Waals surface area (Å²) in [6.07, 6.45) is 0. The summed E-state index contributed by atoms with van der Waals surface area (Å²) < 4.78 is 27.0. The number of rotatable bonds is 8. The lowest BCUT2D eigenvalue weighted by atomic mass is 10.1. The van der Waals surface area contributed by atoms with Crippen LogP contribution >= 0.6 is 0 Å². The standard InChI is InChI=1S/C19H24N4O4S/c1-13(2)18(19(24)25)22-28(26,27)17-11-7-15(8-12-17)21-20-14-5-9-16(10-6-14)23(3)4/h5-13,18,22H,1-4H3,(H,24,25)/t18-/m0/s1. The van der Waals surface area contributed by atoms with E-state index < -0.39 is 22.0 Å². The first-order valence-corrected chi connectivity index (χ1v) is 10.1. The maximum Gasteiger partial charge on any atom is 0.322 e. The first-order chi connectivity index (χ1) is 13.1. The summed E-state index contributed by atoms with van der Waals surface area (Å²) in [5.74, 6) is -1.61. The Balaban J connectivity index is 2.12. The third-order valence-electron chi connectivity index (χ3n) is 4.01. The second-order valence-electron chi connectivity index (χ2n) is 6.79. The van der Waals surface area contributed by atoms with Crippen molar-refractivity contribution in [2.24, 2.45) is 16.1 Å². The number of nitrogens with one attached hydrogen (secondary N) is 1. The highest BCUT2D eigenvalue weighted by molar-refractivity contribution is 7.89. The fourth-order valence-corrected chi connectivity index (χ4v) is 3.67. The van der Waals surface area contributed by atoms with Crippen LogP contribution in [-0.2, 0) is 14.8 Å². The van der Waals surface area contributed by atoms with Crippen LogP contribution in [0.15, 0.2) is 63.7 Å². The highest BCUT2D eigenvalue weighted by atomic mass is 32.2. The molecule has 0 saturated heterocycles. The Morgan fingerprint density at radius 2 is 1.43 bits per heavy atom. The molecule has 150 valence electrons. The van der Waals surface area contributed by atoms with Crippen molar-refractivity contribution >= 4 is 33.1 Å². The number of carboxylic acid groups (broad SMARTS) is 1. The molecule has 0 aromatic heterocycles. The first-order valence-electron chi connectivity index (χ1n) is 8.64. The van der Waals surface area contributed by atoms with Crippen molar-refractivity contribution in [3.05, 3.63) is 48.5 Å². The molecule has 0 fully saturated rings. The molecule has 2 aromatic rings. The molecule has 2 rings (SSSR count). The number of sulfonamides is 1. The lowest BCUT2D eigenvalue weighted by Gasteiger charge is -2.17. The number of benzene rings is 2. The molecule has 0 heterocycles. The number of anilines is 1. The number of hydrogen-bond acceptors (Lipinski definition) is 6. The molecule has 1 atom stereocenters. The minimum absolute atomic E-state index is 0.0336. The molecule has 0 aliphatic rings. The minimum Gasteiger partial charge on any atom is -0.480 e. The van der Waals surface area contributed by atoms with E-state index in [0.717, 1.165) is 5.69 Å². The summed E-state index contributed by atoms with van der Waals surface area (Å²) in [4.78, 5) is 13.2. The number of hydrogen-bond donors (Lipinski definition) is 2. The summed E-state index contributed by atoms with van der Waals surface area (Å²) in [6.45, 7) is 3.27. The molecule has 0 aliphatic heterocycles. The van der Waals surface area contributed by atoms with Crippen LogP contribution < -0.4 is 9.62 Å². The summed E-state index contributed by atoms with van der Waals surface area (Å²) >= 11 is 0. The van der Waals surface area contributed by atoms with Gasteiger partial charge in [0.25, 0.3) is 0 Å². The van der Waals surface area contributed by atoms with E-state index in [-0.39, 0.29) is 10.8 Å². The number of azo groups is 1. The van der Waals surface area contributed by atoms with E-state index in [2.05, 4.69) is 15.0 Å². The Bertz CT molecular complexity index is 937. The maximum atomic E-state index is 12.4. The minimum atomic E-state index is -3.95. The molecule has 2 N–H and O–H groups in total. The van der Waals surface area contributed by atoms with Crippen molar-refractivity contribution in [2.45, 2.75) is 24.8 Å². The third-order valence-corrected chi connectivity index (χ3v) is 5.47. The average molecular weight is 404 g/mol. The number of carboxylic acids is 1. The number of carbonyl (C=O) groups is 1. The molecule has 0 amide bonds. The molecule has 0 radical (unpaired) electrons. The molecule has 0 spiro atoms. The van der Waals surface area contributed by atoms with E-state index >= 15 is 0 Å². The second kappa shape index (κ2) is 8.94. The van der Waals surface area contributed by atoms with Gasteiger partial charge in [0.1, 0.15) is 6.04 Å². The Morgan fingerprint density at radius 1 is 0.964 bits per heavy atom. The average Bonchev–Trinajstić information content (AvgIpc) is 2.64. The predicted molar refractivity (Wildman–Crippen MR) is 108 cm³/mol. The maximum absolute atomic E-state index is 12.4. The quantitative estimate of drug-likeness (QED) is 0.654. The van der Waals surface area contributed by atoms with Gasteiger partial charge < -0.3 is 10.0 Å². The van der Waals surface area contributed by atoms with Crippen LogP contribution in [0.3, 0.4) is 0 Å². The van der Waals surface area contributed by atoms with Crippen molar-refractivity contribution in [3.63, 3.8) is 0 Å². The van der Waals surface area contributed by atoms with Crippen LogP contribution in [0.5, 0.6) is 0 Å². The van der Waals surface area contributed by atoms with Crippen LogP contribution in [-0.4, -0.2) is 39.6 Å². The Hall–Kier alpha value is -2.78. The van der Waals surface area contributed by atoms with Crippen molar-refractivity contribution in [1.82, 2.24) is 4.72 Å². The first kappa shape index (κ1) is 21.5. The highest BCUT2D eigenvalue weighted by Gasteiger charge is 2.27. The number of nitrogens with zero attached hydrogens (tertiary/aromatic N) is 3.